The molecule has 0 aliphatic heterocycles. The molecule has 0 saturated heterocycles. The highest BCUT2D eigenvalue weighted by atomic mass is 14.9. The minimum absolute atomic E-state index is 0.292. The minimum atomic E-state index is 0.292. The van der Waals surface area contributed by atoms with E-state index in [4.69, 9.17) is 0 Å². The lowest BCUT2D eigenvalue weighted by molar-refractivity contribution is 0.260. The molecule has 0 aromatic heterocycles. The Labute approximate surface area is 89.7 Å². The van der Waals surface area contributed by atoms with Crippen LogP contribution in [0.5, 0.6) is 0 Å². The average Bonchev–Trinajstić information content (AvgIpc) is 2.01. The SMILES string of the molecule is CC1CCCC(CCNC(C)(C)C)C1. The van der Waals surface area contributed by atoms with Crippen LogP contribution in [0, 0.1) is 11.8 Å². The van der Waals surface area contributed by atoms with Crippen molar-refractivity contribution < 1.29 is 0 Å². The molecule has 1 saturated carbocycles. The summed E-state index contributed by atoms with van der Waals surface area (Å²) < 4.78 is 0. The largest absolute Gasteiger partial charge is 0.312 e. The van der Waals surface area contributed by atoms with Gasteiger partial charge in [0.25, 0.3) is 0 Å². The van der Waals surface area contributed by atoms with E-state index in [-0.39, 0.29) is 0 Å². The van der Waals surface area contributed by atoms with Gasteiger partial charge in [-0.25, -0.2) is 0 Å². The molecule has 0 aromatic rings. The highest BCUT2D eigenvalue weighted by molar-refractivity contribution is 4.74. The molecule has 1 aliphatic carbocycles. The molecular formula is C13H27N. The third kappa shape index (κ3) is 4.99. The molecule has 0 aromatic carbocycles. The van der Waals surface area contributed by atoms with Gasteiger partial charge in [0.05, 0.1) is 0 Å². The third-order valence-corrected chi connectivity index (χ3v) is 3.25. The van der Waals surface area contributed by atoms with Crippen LogP contribution >= 0.6 is 0 Å². The van der Waals surface area contributed by atoms with Crippen molar-refractivity contribution in [2.24, 2.45) is 11.8 Å². The second kappa shape index (κ2) is 5.16. The fourth-order valence-corrected chi connectivity index (χ4v) is 2.47. The van der Waals surface area contributed by atoms with E-state index in [0.29, 0.717) is 5.54 Å². The Hall–Kier alpha value is -0.0400. The summed E-state index contributed by atoms with van der Waals surface area (Å²) in [4.78, 5) is 0. The Morgan fingerprint density at radius 1 is 1.21 bits per heavy atom. The molecule has 0 spiro atoms. The van der Waals surface area contributed by atoms with Gasteiger partial charge in [-0.1, -0.05) is 26.2 Å². The monoisotopic (exact) mass is 197 g/mol. The quantitative estimate of drug-likeness (QED) is 0.729. The van der Waals surface area contributed by atoms with Crippen LogP contribution in [0.25, 0.3) is 0 Å². The Balaban J connectivity index is 2.12. The van der Waals surface area contributed by atoms with Gasteiger partial charge in [0.15, 0.2) is 0 Å². The van der Waals surface area contributed by atoms with Crippen LogP contribution in [0.1, 0.15) is 59.8 Å². The number of hydrogen-bond acceptors (Lipinski definition) is 1. The summed E-state index contributed by atoms with van der Waals surface area (Å²) in [5.74, 6) is 1.97. The lowest BCUT2D eigenvalue weighted by Crippen LogP contribution is -2.37. The fraction of sp³-hybridized carbons (Fsp3) is 1.00. The van der Waals surface area contributed by atoms with E-state index in [1.807, 2.05) is 0 Å². The number of hydrogen-bond donors (Lipinski definition) is 1. The van der Waals surface area contributed by atoms with Crippen molar-refractivity contribution in [1.29, 1.82) is 0 Å². The summed E-state index contributed by atoms with van der Waals surface area (Å²) in [7, 11) is 0. The zero-order valence-corrected chi connectivity index (χ0v) is 10.4. The number of rotatable bonds is 3. The maximum absolute atomic E-state index is 3.58. The van der Waals surface area contributed by atoms with Crippen molar-refractivity contribution in [3.63, 3.8) is 0 Å². The summed E-state index contributed by atoms with van der Waals surface area (Å²) in [6, 6.07) is 0. The van der Waals surface area contributed by atoms with E-state index >= 15 is 0 Å². The lowest BCUT2D eigenvalue weighted by Gasteiger charge is -2.28. The molecule has 1 fully saturated rings. The minimum Gasteiger partial charge on any atom is -0.312 e. The Morgan fingerprint density at radius 3 is 2.50 bits per heavy atom. The molecule has 14 heavy (non-hydrogen) atoms. The second-order valence-electron chi connectivity index (χ2n) is 6.10. The summed E-state index contributed by atoms with van der Waals surface area (Å²) in [5, 5.41) is 3.58. The highest BCUT2D eigenvalue weighted by Gasteiger charge is 2.19. The average molecular weight is 197 g/mol. The van der Waals surface area contributed by atoms with Gasteiger partial charge in [0.1, 0.15) is 0 Å². The van der Waals surface area contributed by atoms with E-state index in [1.54, 1.807) is 0 Å². The summed E-state index contributed by atoms with van der Waals surface area (Å²) in [6.45, 7) is 10.3. The Kier molecular flexibility index (Phi) is 4.43. The smallest absolute Gasteiger partial charge is 0.00965 e. The first-order valence-electron chi connectivity index (χ1n) is 6.22. The molecule has 0 radical (unpaired) electrons. The lowest BCUT2D eigenvalue weighted by atomic mass is 9.81. The van der Waals surface area contributed by atoms with Crippen LogP contribution in [0.4, 0.5) is 0 Å². The highest BCUT2D eigenvalue weighted by Crippen LogP contribution is 2.30. The van der Waals surface area contributed by atoms with Crippen LogP contribution in [-0.4, -0.2) is 12.1 Å². The predicted octanol–water partition coefficient (Wildman–Crippen LogP) is 3.59. The maximum Gasteiger partial charge on any atom is 0.00965 e. The fourth-order valence-electron chi connectivity index (χ4n) is 2.47. The molecule has 1 heteroatoms. The van der Waals surface area contributed by atoms with Gasteiger partial charge >= 0.3 is 0 Å². The van der Waals surface area contributed by atoms with Crippen LogP contribution in [0.15, 0.2) is 0 Å². The molecule has 1 aliphatic rings. The van der Waals surface area contributed by atoms with Crippen LogP contribution < -0.4 is 5.32 Å². The summed E-state index contributed by atoms with van der Waals surface area (Å²) in [5.41, 5.74) is 0.292. The van der Waals surface area contributed by atoms with Gasteiger partial charge < -0.3 is 5.32 Å². The first-order valence-corrected chi connectivity index (χ1v) is 6.22. The van der Waals surface area contributed by atoms with Crippen LogP contribution in [0.2, 0.25) is 0 Å². The predicted molar refractivity (Wildman–Crippen MR) is 63.5 cm³/mol. The van der Waals surface area contributed by atoms with Crippen molar-refractivity contribution in [2.45, 2.75) is 65.3 Å². The molecule has 0 amide bonds. The van der Waals surface area contributed by atoms with Crippen molar-refractivity contribution in [2.75, 3.05) is 6.54 Å². The maximum atomic E-state index is 3.58. The van der Waals surface area contributed by atoms with Crippen molar-refractivity contribution in [3.8, 4) is 0 Å². The first kappa shape index (κ1) is 12.0. The van der Waals surface area contributed by atoms with E-state index in [9.17, 15) is 0 Å². The molecule has 1 rings (SSSR count). The second-order valence-corrected chi connectivity index (χ2v) is 6.10. The van der Waals surface area contributed by atoms with E-state index in [2.05, 4.69) is 33.0 Å². The number of nitrogens with one attached hydrogen (secondary N) is 1. The summed E-state index contributed by atoms with van der Waals surface area (Å²) >= 11 is 0. The van der Waals surface area contributed by atoms with Gasteiger partial charge in [-0.05, 0) is 52.0 Å². The van der Waals surface area contributed by atoms with Gasteiger partial charge in [-0.2, -0.15) is 0 Å². The van der Waals surface area contributed by atoms with E-state index < -0.39 is 0 Å². The molecule has 1 N–H and O–H groups in total. The van der Waals surface area contributed by atoms with Crippen LogP contribution in [0.3, 0.4) is 0 Å². The van der Waals surface area contributed by atoms with Gasteiger partial charge in [0, 0.05) is 5.54 Å². The molecule has 1 nitrogen and oxygen atoms in total. The summed E-state index contributed by atoms with van der Waals surface area (Å²) in [6.07, 6.45) is 7.23. The Bertz CT molecular complexity index is 157. The van der Waals surface area contributed by atoms with E-state index in [0.717, 1.165) is 11.8 Å². The van der Waals surface area contributed by atoms with Gasteiger partial charge in [0.2, 0.25) is 0 Å². The van der Waals surface area contributed by atoms with Gasteiger partial charge in [-0.15, -0.1) is 0 Å². The topological polar surface area (TPSA) is 12.0 Å². The normalized spacial score (nSPS) is 29.1. The zero-order valence-electron chi connectivity index (χ0n) is 10.4. The van der Waals surface area contributed by atoms with Gasteiger partial charge in [-0.3, -0.25) is 0 Å². The van der Waals surface area contributed by atoms with E-state index in [1.165, 1.54) is 38.6 Å². The standard InChI is InChI=1S/C13H27N/c1-11-6-5-7-12(10-11)8-9-14-13(2,3)4/h11-12,14H,5-10H2,1-4H3. The third-order valence-electron chi connectivity index (χ3n) is 3.25. The molecule has 2 unspecified atom stereocenters. The zero-order chi connectivity index (χ0) is 10.6. The van der Waals surface area contributed by atoms with Crippen LogP contribution in [-0.2, 0) is 0 Å². The first-order chi connectivity index (χ1) is 6.47. The molecule has 84 valence electrons. The molecule has 2 atom stereocenters. The van der Waals surface area contributed by atoms with Crippen molar-refractivity contribution in [1.82, 2.24) is 5.32 Å². The Morgan fingerprint density at radius 2 is 1.93 bits per heavy atom. The van der Waals surface area contributed by atoms with Crippen molar-refractivity contribution >= 4 is 0 Å². The molecule has 0 heterocycles. The van der Waals surface area contributed by atoms with Crippen molar-refractivity contribution in [3.05, 3.63) is 0 Å². The molecule has 0 bridgehead atoms. The molecular weight excluding hydrogens is 170 g/mol.